The molecule has 0 spiro atoms. The summed E-state index contributed by atoms with van der Waals surface area (Å²) in [6.45, 7) is 0. The Bertz CT molecular complexity index is 303. The SMILES string of the molecule is N#CCc1cc(Cl)ccc1Br. The fourth-order valence-electron chi connectivity index (χ4n) is 0.764. The summed E-state index contributed by atoms with van der Waals surface area (Å²) in [4.78, 5) is 0. The molecule has 56 valence electrons. The van der Waals surface area contributed by atoms with Gasteiger partial charge < -0.3 is 0 Å². The Balaban J connectivity index is 3.05. The highest BCUT2D eigenvalue weighted by Crippen LogP contribution is 2.21. The van der Waals surface area contributed by atoms with Crippen LogP contribution >= 0.6 is 27.5 Å². The van der Waals surface area contributed by atoms with Gasteiger partial charge in [-0.25, -0.2) is 0 Å². The number of hydrogen-bond donors (Lipinski definition) is 0. The van der Waals surface area contributed by atoms with Crippen molar-refractivity contribution in [3.05, 3.63) is 33.3 Å². The first-order valence-electron chi connectivity index (χ1n) is 3.05. The van der Waals surface area contributed by atoms with Gasteiger partial charge in [-0.1, -0.05) is 27.5 Å². The van der Waals surface area contributed by atoms with E-state index in [4.69, 9.17) is 16.9 Å². The van der Waals surface area contributed by atoms with Gasteiger partial charge >= 0.3 is 0 Å². The Morgan fingerprint density at radius 3 is 2.91 bits per heavy atom. The number of rotatable bonds is 1. The summed E-state index contributed by atoms with van der Waals surface area (Å²) in [5, 5.41) is 9.09. The van der Waals surface area contributed by atoms with Crippen molar-refractivity contribution in [2.45, 2.75) is 6.42 Å². The molecule has 0 aromatic heterocycles. The smallest absolute Gasteiger partial charge is 0.0670 e. The van der Waals surface area contributed by atoms with Crippen molar-refractivity contribution < 1.29 is 0 Å². The lowest BCUT2D eigenvalue weighted by molar-refractivity contribution is 1.25. The minimum atomic E-state index is 0.390. The molecule has 0 atom stereocenters. The molecule has 0 unspecified atom stereocenters. The van der Waals surface area contributed by atoms with E-state index in [0.29, 0.717) is 11.4 Å². The maximum absolute atomic E-state index is 8.42. The van der Waals surface area contributed by atoms with Crippen LogP contribution in [-0.2, 0) is 6.42 Å². The van der Waals surface area contributed by atoms with Crippen LogP contribution in [0.1, 0.15) is 5.56 Å². The zero-order valence-corrected chi connectivity index (χ0v) is 7.98. The first-order chi connectivity index (χ1) is 5.24. The first kappa shape index (κ1) is 8.58. The van der Waals surface area contributed by atoms with Gasteiger partial charge in [-0.3, -0.25) is 0 Å². The summed E-state index contributed by atoms with van der Waals surface area (Å²) in [5.74, 6) is 0. The van der Waals surface area contributed by atoms with Crippen molar-refractivity contribution in [1.29, 1.82) is 5.26 Å². The molecular weight excluding hydrogens is 225 g/mol. The summed E-state index contributed by atoms with van der Waals surface area (Å²) in [5.41, 5.74) is 0.931. The van der Waals surface area contributed by atoms with E-state index >= 15 is 0 Å². The molecule has 0 bridgehead atoms. The van der Waals surface area contributed by atoms with E-state index in [9.17, 15) is 0 Å². The zero-order chi connectivity index (χ0) is 8.27. The highest BCUT2D eigenvalue weighted by atomic mass is 79.9. The van der Waals surface area contributed by atoms with Gasteiger partial charge in [0.1, 0.15) is 0 Å². The number of nitriles is 1. The van der Waals surface area contributed by atoms with Crippen molar-refractivity contribution in [2.24, 2.45) is 0 Å². The lowest BCUT2D eigenvalue weighted by Gasteiger charge is -1.98. The Morgan fingerprint density at radius 1 is 1.55 bits per heavy atom. The van der Waals surface area contributed by atoms with Crippen LogP contribution in [0.4, 0.5) is 0 Å². The van der Waals surface area contributed by atoms with Crippen LogP contribution in [0.25, 0.3) is 0 Å². The first-order valence-corrected chi connectivity index (χ1v) is 4.22. The topological polar surface area (TPSA) is 23.8 Å². The number of nitrogens with zero attached hydrogens (tertiary/aromatic N) is 1. The van der Waals surface area contributed by atoms with Crippen LogP contribution in [0.15, 0.2) is 22.7 Å². The van der Waals surface area contributed by atoms with Gasteiger partial charge in [-0.15, -0.1) is 0 Å². The Labute approximate surface area is 78.7 Å². The lowest BCUT2D eigenvalue weighted by atomic mass is 10.2. The second kappa shape index (κ2) is 3.75. The quantitative estimate of drug-likeness (QED) is 0.727. The van der Waals surface area contributed by atoms with Crippen LogP contribution in [0, 0.1) is 11.3 Å². The fourth-order valence-corrected chi connectivity index (χ4v) is 1.35. The monoisotopic (exact) mass is 229 g/mol. The Kier molecular flexibility index (Phi) is 2.92. The summed E-state index contributed by atoms with van der Waals surface area (Å²) in [6, 6.07) is 7.48. The van der Waals surface area contributed by atoms with Crippen molar-refractivity contribution in [3.63, 3.8) is 0 Å². The molecule has 0 aliphatic rings. The van der Waals surface area contributed by atoms with Crippen molar-refractivity contribution >= 4 is 27.5 Å². The van der Waals surface area contributed by atoms with E-state index < -0.39 is 0 Å². The lowest BCUT2D eigenvalue weighted by Crippen LogP contribution is -1.82. The van der Waals surface area contributed by atoms with Gasteiger partial charge in [0.15, 0.2) is 0 Å². The molecule has 0 saturated carbocycles. The van der Waals surface area contributed by atoms with Gasteiger partial charge in [0.2, 0.25) is 0 Å². The number of benzene rings is 1. The minimum absolute atomic E-state index is 0.390. The van der Waals surface area contributed by atoms with E-state index in [1.807, 2.05) is 6.07 Å². The highest BCUT2D eigenvalue weighted by molar-refractivity contribution is 9.10. The van der Waals surface area contributed by atoms with Crippen molar-refractivity contribution in [2.75, 3.05) is 0 Å². The maximum Gasteiger partial charge on any atom is 0.0670 e. The van der Waals surface area contributed by atoms with Crippen molar-refractivity contribution in [1.82, 2.24) is 0 Å². The molecular formula is C8H5BrClN. The molecule has 1 nitrogen and oxygen atoms in total. The normalized spacial score (nSPS) is 9.18. The van der Waals surface area contributed by atoms with E-state index in [2.05, 4.69) is 22.0 Å². The minimum Gasteiger partial charge on any atom is -0.198 e. The van der Waals surface area contributed by atoms with Gasteiger partial charge in [-0.05, 0) is 23.8 Å². The summed E-state index contributed by atoms with van der Waals surface area (Å²) in [6.07, 6.45) is 0.390. The van der Waals surface area contributed by atoms with Gasteiger partial charge in [0, 0.05) is 9.50 Å². The number of halogens is 2. The predicted molar refractivity (Wildman–Crippen MR) is 48.5 cm³/mol. The summed E-state index contributed by atoms with van der Waals surface area (Å²) < 4.78 is 0.934. The molecule has 0 radical (unpaired) electrons. The average molecular weight is 230 g/mol. The maximum atomic E-state index is 8.42. The largest absolute Gasteiger partial charge is 0.198 e. The molecule has 0 aliphatic heterocycles. The van der Waals surface area contributed by atoms with Crippen LogP contribution < -0.4 is 0 Å². The fraction of sp³-hybridized carbons (Fsp3) is 0.125. The molecule has 0 aliphatic carbocycles. The molecule has 3 heteroatoms. The molecule has 1 rings (SSSR count). The van der Waals surface area contributed by atoms with E-state index in [1.165, 1.54) is 0 Å². The molecule has 0 N–H and O–H groups in total. The molecule has 0 amide bonds. The second-order valence-corrected chi connectivity index (χ2v) is 3.36. The third-order valence-corrected chi connectivity index (χ3v) is 2.29. The predicted octanol–water partition coefficient (Wildman–Crippen LogP) is 3.17. The van der Waals surface area contributed by atoms with E-state index in [-0.39, 0.29) is 0 Å². The molecule has 1 aromatic rings. The molecule has 0 fully saturated rings. The summed E-state index contributed by atoms with van der Waals surface area (Å²) in [7, 11) is 0. The van der Waals surface area contributed by atoms with Crippen molar-refractivity contribution in [3.8, 4) is 6.07 Å². The number of hydrogen-bond acceptors (Lipinski definition) is 1. The highest BCUT2D eigenvalue weighted by Gasteiger charge is 1.98. The molecule has 0 saturated heterocycles. The molecule has 0 heterocycles. The van der Waals surface area contributed by atoms with Crippen LogP contribution in [0.5, 0.6) is 0 Å². The molecule has 11 heavy (non-hydrogen) atoms. The Morgan fingerprint density at radius 2 is 2.27 bits per heavy atom. The van der Waals surface area contributed by atoms with Crippen LogP contribution in [-0.4, -0.2) is 0 Å². The standard InChI is InChI=1S/C8H5BrClN/c9-8-2-1-7(10)5-6(8)3-4-11/h1-2,5H,3H2. The van der Waals surface area contributed by atoms with Gasteiger partial charge in [0.05, 0.1) is 12.5 Å². The van der Waals surface area contributed by atoms with Crippen LogP contribution in [0.3, 0.4) is 0 Å². The van der Waals surface area contributed by atoms with Gasteiger partial charge in [0.25, 0.3) is 0 Å². The molecule has 1 aromatic carbocycles. The summed E-state index contributed by atoms with van der Waals surface area (Å²) >= 11 is 9.04. The van der Waals surface area contributed by atoms with Crippen LogP contribution in [0.2, 0.25) is 5.02 Å². The zero-order valence-electron chi connectivity index (χ0n) is 5.64. The second-order valence-electron chi connectivity index (χ2n) is 2.07. The third kappa shape index (κ3) is 2.21. The average Bonchev–Trinajstić information content (AvgIpc) is 1.98. The van der Waals surface area contributed by atoms with E-state index in [0.717, 1.165) is 10.0 Å². The third-order valence-electron chi connectivity index (χ3n) is 1.28. The van der Waals surface area contributed by atoms with Gasteiger partial charge in [-0.2, -0.15) is 5.26 Å². The Hall–Kier alpha value is -0.520. The van der Waals surface area contributed by atoms with E-state index in [1.54, 1.807) is 12.1 Å².